The number of carbonyl (C=O) groups is 2. The van der Waals surface area contributed by atoms with Crippen molar-refractivity contribution in [3.8, 4) is 16.9 Å². The Bertz CT molecular complexity index is 1300. The molecule has 3 aromatic rings. The fourth-order valence-corrected chi connectivity index (χ4v) is 4.64. The van der Waals surface area contributed by atoms with Crippen LogP contribution in [0.4, 0.5) is 14.5 Å². The molecule has 0 unspecified atom stereocenters. The smallest absolute Gasteiger partial charge is 0.227 e. The predicted molar refractivity (Wildman–Crippen MR) is 130 cm³/mol. The number of nitrogens with zero attached hydrogens (tertiary/aromatic N) is 1. The minimum Gasteiger partial charge on any atom is -0.462 e. The van der Waals surface area contributed by atoms with Crippen LogP contribution in [0.1, 0.15) is 30.9 Å². The number of halogens is 2. The van der Waals surface area contributed by atoms with Crippen molar-refractivity contribution < 1.29 is 27.8 Å². The van der Waals surface area contributed by atoms with Crippen molar-refractivity contribution in [3.63, 3.8) is 0 Å². The maximum absolute atomic E-state index is 13.9. The van der Waals surface area contributed by atoms with E-state index < -0.39 is 17.4 Å². The normalized spacial score (nSPS) is 16.2. The van der Waals surface area contributed by atoms with E-state index in [0.717, 1.165) is 40.3 Å². The van der Waals surface area contributed by atoms with Gasteiger partial charge in [0.05, 0.1) is 13.0 Å². The average Bonchev–Trinajstić information content (AvgIpc) is 2.86. The van der Waals surface area contributed by atoms with Crippen LogP contribution in [0, 0.1) is 11.6 Å². The van der Waals surface area contributed by atoms with Crippen LogP contribution in [0.3, 0.4) is 0 Å². The molecule has 0 bridgehead atoms. The molecule has 6 nitrogen and oxygen atoms in total. The van der Waals surface area contributed by atoms with Crippen molar-refractivity contribution in [1.82, 2.24) is 4.90 Å². The molecule has 0 saturated carbocycles. The fraction of sp³-hybridized carbons (Fsp3) is 0.286. The van der Waals surface area contributed by atoms with Gasteiger partial charge in [-0.1, -0.05) is 24.3 Å². The number of fused-ring (bicyclic) bond motifs is 1. The number of likely N-dealkylation sites (tertiary alicyclic amines) is 1. The summed E-state index contributed by atoms with van der Waals surface area (Å²) in [6.45, 7) is 2.72. The van der Waals surface area contributed by atoms with Gasteiger partial charge in [0.2, 0.25) is 17.6 Å². The third-order valence-electron chi connectivity index (χ3n) is 6.62. The van der Waals surface area contributed by atoms with Crippen LogP contribution in [0.2, 0.25) is 0 Å². The van der Waals surface area contributed by atoms with Crippen molar-refractivity contribution in [1.29, 1.82) is 0 Å². The largest absolute Gasteiger partial charge is 0.462 e. The Morgan fingerprint density at radius 2 is 1.69 bits per heavy atom. The highest BCUT2D eigenvalue weighted by Crippen LogP contribution is 2.39. The molecule has 0 radical (unpaired) electrons. The van der Waals surface area contributed by atoms with Gasteiger partial charge in [0.15, 0.2) is 0 Å². The summed E-state index contributed by atoms with van der Waals surface area (Å²) in [7, 11) is 0. The van der Waals surface area contributed by atoms with Crippen molar-refractivity contribution in [2.45, 2.75) is 38.6 Å². The number of carbonyl (C=O) groups excluding carboxylic acids is 2. The second kappa shape index (κ2) is 9.70. The summed E-state index contributed by atoms with van der Waals surface area (Å²) < 4.78 is 39.5. The van der Waals surface area contributed by atoms with Crippen LogP contribution in [-0.4, -0.2) is 35.6 Å². The van der Waals surface area contributed by atoms with Crippen LogP contribution in [0.15, 0.2) is 60.7 Å². The van der Waals surface area contributed by atoms with Gasteiger partial charge in [-0.05, 0) is 47.0 Å². The summed E-state index contributed by atoms with van der Waals surface area (Å²) in [5.74, 6) is -1.74. The van der Waals surface area contributed by atoms with Crippen LogP contribution < -0.4 is 10.1 Å². The van der Waals surface area contributed by atoms with Gasteiger partial charge in [-0.15, -0.1) is 0 Å². The Hall–Kier alpha value is -3.78. The van der Waals surface area contributed by atoms with Crippen molar-refractivity contribution in [2.75, 3.05) is 18.4 Å². The molecule has 0 aliphatic carbocycles. The second-order valence-electron chi connectivity index (χ2n) is 9.18. The van der Waals surface area contributed by atoms with Gasteiger partial charge < -0.3 is 19.7 Å². The molecule has 3 aromatic carbocycles. The molecule has 1 spiro atoms. The summed E-state index contributed by atoms with van der Waals surface area (Å²) in [6, 6.07) is 16.8. The summed E-state index contributed by atoms with van der Waals surface area (Å²) in [4.78, 5) is 25.6. The quantitative estimate of drug-likeness (QED) is 0.553. The molecule has 1 saturated heterocycles. The standard InChI is InChI=1S/C28H26F2N2O4/c1-18(33)31-24-7-3-19(4-8-24)20-5-9-26-22(14-20)17-35-28(36-26)10-12-32(13-11-28)27(34)15-21-2-6-23(29)16-25(21)30/h2-9,14,16H,10-13,15,17H2,1H3,(H,31,33). The lowest BCUT2D eigenvalue weighted by Gasteiger charge is -2.44. The van der Waals surface area contributed by atoms with Crippen molar-refractivity contribution >= 4 is 17.5 Å². The molecule has 8 heteroatoms. The molecule has 2 aliphatic rings. The van der Waals surface area contributed by atoms with E-state index in [1.54, 1.807) is 4.90 Å². The van der Waals surface area contributed by atoms with Gasteiger partial charge in [-0.3, -0.25) is 9.59 Å². The summed E-state index contributed by atoms with van der Waals surface area (Å²) >= 11 is 0. The number of rotatable bonds is 4. The first kappa shape index (κ1) is 23.9. The minimum atomic E-state index is -0.799. The lowest BCUT2D eigenvalue weighted by atomic mass is 9.98. The highest BCUT2D eigenvalue weighted by Gasteiger charge is 2.42. The molecule has 5 rings (SSSR count). The molecule has 186 valence electrons. The van der Waals surface area contributed by atoms with E-state index in [-0.39, 0.29) is 23.8 Å². The van der Waals surface area contributed by atoms with E-state index in [9.17, 15) is 18.4 Å². The number of amides is 2. The van der Waals surface area contributed by atoms with E-state index in [2.05, 4.69) is 5.32 Å². The van der Waals surface area contributed by atoms with E-state index in [0.29, 0.717) is 32.5 Å². The molecular formula is C28H26F2N2O4. The van der Waals surface area contributed by atoms with E-state index in [1.165, 1.54) is 13.0 Å². The SMILES string of the molecule is CC(=O)Nc1ccc(-c2ccc3c(c2)COC2(CCN(C(=O)Cc4ccc(F)cc4F)CC2)O3)cc1. The zero-order chi connectivity index (χ0) is 25.3. The maximum Gasteiger partial charge on any atom is 0.227 e. The molecule has 2 aliphatic heterocycles. The zero-order valence-corrected chi connectivity index (χ0v) is 19.9. The number of benzene rings is 3. The lowest BCUT2D eigenvalue weighted by molar-refractivity contribution is -0.227. The fourth-order valence-electron chi connectivity index (χ4n) is 4.64. The second-order valence-corrected chi connectivity index (χ2v) is 9.18. The number of piperidine rings is 1. The van der Waals surface area contributed by atoms with Crippen LogP contribution in [0.5, 0.6) is 5.75 Å². The lowest BCUT2D eigenvalue weighted by Crippen LogP contribution is -2.52. The van der Waals surface area contributed by atoms with Gasteiger partial charge in [-0.25, -0.2) is 8.78 Å². The Kier molecular flexibility index (Phi) is 6.45. The first-order chi connectivity index (χ1) is 17.3. The zero-order valence-electron chi connectivity index (χ0n) is 19.9. The number of nitrogens with one attached hydrogen (secondary N) is 1. The van der Waals surface area contributed by atoms with Crippen LogP contribution >= 0.6 is 0 Å². The molecule has 0 aromatic heterocycles. The number of hydrogen-bond donors (Lipinski definition) is 1. The summed E-state index contributed by atoms with van der Waals surface area (Å²) in [5.41, 5.74) is 3.89. The predicted octanol–water partition coefficient (Wildman–Crippen LogP) is 5.06. The van der Waals surface area contributed by atoms with Gasteiger partial charge in [0.25, 0.3) is 0 Å². The van der Waals surface area contributed by atoms with Crippen molar-refractivity contribution in [2.24, 2.45) is 0 Å². The van der Waals surface area contributed by atoms with E-state index >= 15 is 0 Å². The Morgan fingerprint density at radius 3 is 2.39 bits per heavy atom. The third-order valence-corrected chi connectivity index (χ3v) is 6.62. The van der Waals surface area contributed by atoms with E-state index in [1.807, 2.05) is 42.5 Å². The van der Waals surface area contributed by atoms with Crippen LogP contribution in [0.25, 0.3) is 11.1 Å². The van der Waals surface area contributed by atoms with Crippen molar-refractivity contribution in [3.05, 3.63) is 83.4 Å². The highest BCUT2D eigenvalue weighted by molar-refractivity contribution is 5.89. The van der Waals surface area contributed by atoms with E-state index in [4.69, 9.17) is 9.47 Å². The molecule has 2 heterocycles. The molecule has 36 heavy (non-hydrogen) atoms. The summed E-state index contributed by atoms with van der Waals surface area (Å²) in [5, 5.41) is 2.76. The third kappa shape index (κ3) is 5.09. The van der Waals surface area contributed by atoms with Gasteiger partial charge in [0.1, 0.15) is 17.4 Å². The van der Waals surface area contributed by atoms with Gasteiger partial charge >= 0.3 is 0 Å². The maximum atomic E-state index is 13.9. The monoisotopic (exact) mass is 492 g/mol. The molecular weight excluding hydrogens is 466 g/mol. The Balaban J connectivity index is 1.21. The number of hydrogen-bond acceptors (Lipinski definition) is 4. The van der Waals surface area contributed by atoms with Gasteiger partial charge in [-0.2, -0.15) is 0 Å². The minimum absolute atomic E-state index is 0.113. The van der Waals surface area contributed by atoms with Gasteiger partial charge in [0, 0.05) is 50.2 Å². The number of anilines is 1. The molecule has 1 N–H and O–H groups in total. The Labute approximate surface area is 207 Å². The first-order valence-electron chi connectivity index (χ1n) is 11.9. The first-order valence-corrected chi connectivity index (χ1v) is 11.9. The highest BCUT2D eigenvalue weighted by atomic mass is 19.1. The topological polar surface area (TPSA) is 67.9 Å². The van der Waals surface area contributed by atoms with Crippen LogP contribution in [-0.2, 0) is 27.4 Å². The molecule has 2 amide bonds. The molecule has 1 fully saturated rings. The molecule has 0 atom stereocenters. The summed E-state index contributed by atoms with van der Waals surface area (Å²) in [6.07, 6.45) is 0.880. The average molecular weight is 493 g/mol. The number of ether oxygens (including phenoxy) is 2. The Morgan fingerprint density at radius 1 is 0.972 bits per heavy atom.